The minimum Gasteiger partial charge on any atom is -0.457 e. The van der Waals surface area contributed by atoms with Gasteiger partial charge in [-0.2, -0.15) is 0 Å². The van der Waals surface area contributed by atoms with Crippen molar-refractivity contribution in [1.29, 1.82) is 0 Å². The molecule has 1 fully saturated rings. The third-order valence-corrected chi connectivity index (χ3v) is 5.02. The van der Waals surface area contributed by atoms with Crippen LogP contribution in [0, 0.1) is 0 Å². The van der Waals surface area contributed by atoms with E-state index in [2.05, 4.69) is 47.8 Å². The predicted molar refractivity (Wildman–Crippen MR) is 108 cm³/mol. The molecule has 0 aromatic heterocycles. The smallest absolute Gasteiger partial charge is 0.130 e. The van der Waals surface area contributed by atoms with Gasteiger partial charge in [-0.15, -0.1) is 0 Å². The fourth-order valence-electron chi connectivity index (χ4n) is 3.63. The summed E-state index contributed by atoms with van der Waals surface area (Å²) in [7, 11) is 0. The van der Waals surface area contributed by atoms with Crippen LogP contribution in [-0.2, 0) is 11.2 Å². The van der Waals surface area contributed by atoms with E-state index in [1.165, 1.54) is 11.1 Å². The van der Waals surface area contributed by atoms with Crippen LogP contribution >= 0.6 is 0 Å². The zero-order valence-corrected chi connectivity index (χ0v) is 15.4. The Balaban J connectivity index is 1.61. The largest absolute Gasteiger partial charge is 0.457 e. The zero-order chi connectivity index (χ0) is 18.3. The summed E-state index contributed by atoms with van der Waals surface area (Å²) in [6, 6.07) is 28.9. The van der Waals surface area contributed by atoms with E-state index in [4.69, 9.17) is 9.47 Å². The van der Waals surface area contributed by atoms with E-state index in [0.717, 1.165) is 37.6 Å². The summed E-state index contributed by atoms with van der Waals surface area (Å²) < 4.78 is 12.3. The van der Waals surface area contributed by atoms with Crippen molar-refractivity contribution in [2.45, 2.75) is 18.4 Å². The highest BCUT2D eigenvalue weighted by Gasteiger charge is 2.27. The van der Waals surface area contributed by atoms with E-state index in [9.17, 15) is 0 Å². The molecule has 138 valence electrons. The monoisotopic (exact) mass is 359 g/mol. The Kier molecular flexibility index (Phi) is 5.83. The molecule has 4 rings (SSSR count). The van der Waals surface area contributed by atoms with E-state index >= 15 is 0 Å². The average Bonchev–Trinajstić information content (AvgIpc) is 2.75. The van der Waals surface area contributed by atoms with E-state index in [1.807, 2.05) is 42.5 Å². The minimum atomic E-state index is 0.158. The van der Waals surface area contributed by atoms with Crippen molar-refractivity contribution in [3.05, 3.63) is 96.1 Å². The van der Waals surface area contributed by atoms with Gasteiger partial charge in [0.25, 0.3) is 0 Å². The first kappa shape index (κ1) is 17.8. The van der Waals surface area contributed by atoms with E-state index in [1.54, 1.807) is 0 Å². The van der Waals surface area contributed by atoms with Gasteiger partial charge in [-0.3, -0.25) is 0 Å². The van der Waals surface area contributed by atoms with E-state index < -0.39 is 0 Å². The summed E-state index contributed by atoms with van der Waals surface area (Å²) in [5, 5.41) is 3.47. The Bertz CT molecular complexity index is 829. The highest BCUT2D eigenvalue weighted by Crippen LogP contribution is 2.32. The Hall–Kier alpha value is -2.62. The third kappa shape index (κ3) is 4.57. The van der Waals surface area contributed by atoms with Crippen LogP contribution in [0.1, 0.15) is 17.0 Å². The highest BCUT2D eigenvalue weighted by molar-refractivity contribution is 5.39. The van der Waals surface area contributed by atoms with Gasteiger partial charge in [-0.05, 0) is 35.7 Å². The maximum absolute atomic E-state index is 6.18. The van der Waals surface area contributed by atoms with Crippen molar-refractivity contribution in [2.75, 3.05) is 19.7 Å². The standard InChI is InChI=1S/C24H25NO2/c1-3-9-19(10-4-1)22(24-18-25-15-16-26-24)17-20-11-7-8-14-23(20)27-21-12-5-2-6-13-21/h1-14,22,24-25H,15-18H2/t22-,24?/m1/s1. The molecule has 3 heteroatoms. The molecule has 1 aliphatic rings. The summed E-state index contributed by atoms with van der Waals surface area (Å²) in [5.41, 5.74) is 2.50. The van der Waals surface area contributed by atoms with Gasteiger partial charge in [0.1, 0.15) is 11.5 Å². The molecule has 27 heavy (non-hydrogen) atoms. The molecule has 0 aliphatic carbocycles. The van der Waals surface area contributed by atoms with Gasteiger partial charge < -0.3 is 14.8 Å². The van der Waals surface area contributed by atoms with Crippen LogP contribution in [0.25, 0.3) is 0 Å². The molecular formula is C24H25NO2. The van der Waals surface area contributed by atoms with E-state index in [-0.39, 0.29) is 12.0 Å². The quantitative estimate of drug-likeness (QED) is 0.686. The van der Waals surface area contributed by atoms with Crippen molar-refractivity contribution in [2.24, 2.45) is 0 Å². The lowest BCUT2D eigenvalue weighted by Gasteiger charge is -2.32. The average molecular weight is 359 g/mol. The van der Waals surface area contributed by atoms with Gasteiger partial charge in [-0.25, -0.2) is 0 Å². The lowest BCUT2D eigenvalue weighted by atomic mass is 9.86. The fourth-order valence-corrected chi connectivity index (χ4v) is 3.63. The summed E-state index contributed by atoms with van der Waals surface area (Å²) in [6.45, 7) is 2.56. The molecule has 0 spiro atoms. The highest BCUT2D eigenvalue weighted by atomic mass is 16.5. The van der Waals surface area contributed by atoms with Gasteiger partial charge in [-0.1, -0.05) is 66.7 Å². The lowest BCUT2D eigenvalue weighted by molar-refractivity contribution is 0.0109. The molecule has 1 saturated heterocycles. The summed E-state index contributed by atoms with van der Waals surface area (Å²) in [6.07, 6.45) is 1.03. The molecule has 1 heterocycles. The van der Waals surface area contributed by atoms with Crippen LogP contribution in [0.3, 0.4) is 0 Å². The maximum atomic E-state index is 6.18. The molecule has 0 amide bonds. The molecule has 3 aromatic carbocycles. The molecule has 3 nitrogen and oxygen atoms in total. The second kappa shape index (κ2) is 8.85. The zero-order valence-electron chi connectivity index (χ0n) is 15.4. The normalized spacial score (nSPS) is 18.0. The second-order valence-electron chi connectivity index (χ2n) is 6.86. The van der Waals surface area contributed by atoms with Gasteiger partial charge in [0.2, 0.25) is 0 Å². The van der Waals surface area contributed by atoms with Gasteiger partial charge in [0, 0.05) is 19.0 Å². The first-order valence-corrected chi connectivity index (χ1v) is 9.58. The number of rotatable bonds is 6. The van der Waals surface area contributed by atoms with Crippen molar-refractivity contribution in [3.63, 3.8) is 0 Å². The molecule has 2 atom stereocenters. The van der Waals surface area contributed by atoms with Gasteiger partial charge >= 0.3 is 0 Å². The lowest BCUT2D eigenvalue weighted by Crippen LogP contribution is -2.42. The maximum Gasteiger partial charge on any atom is 0.130 e. The number of hydrogen-bond acceptors (Lipinski definition) is 3. The predicted octanol–water partition coefficient (Wildman–Crippen LogP) is 4.79. The Morgan fingerprint density at radius 2 is 1.59 bits per heavy atom. The Morgan fingerprint density at radius 3 is 2.33 bits per heavy atom. The van der Waals surface area contributed by atoms with Crippen LogP contribution in [0.4, 0.5) is 0 Å². The second-order valence-corrected chi connectivity index (χ2v) is 6.86. The van der Waals surface area contributed by atoms with E-state index in [0.29, 0.717) is 0 Å². The SMILES string of the molecule is c1ccc(Oc2ccccc2C[C@H](c2ccccc2)C2CNCCO2)cc1. The molecule has 1 N–H and O–H groups in total. The first-order valence-electron chi connectivity index (χ1n) is 9.58. The summed E-state index contributed by atoms with van der Waals surface area (Å²) in [5.74, 6) is 2.05. The van der Waals surface area contributed by atoms with Crippen molar-refractivity contribution < 1.29 is 9.47 Å². The Morgan fingerprint density at radius 1 is 0.889 bits per heavy atom. The van der Waals surface area contributed by atoms with Crippen molar-refractivity contribution in [1.82, 2.24) is 5.32 Å². The minimum absolute atomic E-state index is 0.158. The molecule has 0 bridgehead atoms. The number of ether oxygens (including phenoxy) is 2. The van der Waals surface area contributed by atoms with Crippen molar-refractivity contribution >= 4 is 0 Å². The number of hydrogen-bond donors (Lipinski definition) is 1. The topological polar surface area (TPSA) is 30.5 Å². The Labute approximate surface area is 161 Å². The summed E-state index contributed by atoms with van der Waals surface area (Å²) >= 11 is 0. The van der Waals surface area contributed by atoms with Crippen molar-refractivity contribution in [3.8, 4) is 11.5 Å². The fraction of sp³-hybridized carbons (Fsp3) is 0.250. The third-order valence-electron chi connectivity index (χ3n) is 5.02. The number of benzene rings is 3. The first-order chi connectivity index (χ1) is 13.4. The molecule has 0 saturated carbocycles. The molecule has 3 aromatic rings. The summed E-state index contributed by atoms with van der Waals surface area (Å²) in [4.78, 5) is 0. The van der Waals surface area contributed by atoms with Gasteiger partial charge in [0.15, 0.2) is 0 Å². The molecular weight excluding hydrogens is 334 g/mol. The van der Waals surface area contributed by atoms with Crippen LogP contribution in [-0.4, -0.2) is 25.8 Å². The van der Waals surface area contributed by atoms with Crippen LogP contribution in [0.2, 0.25) is 0 Å². The van der Waals surface area contributed by atoms with Crippen LogP contribution in [0.15, 0.2) is 84.9 Å². The molecule has 0 radical (unpaired) electrons. The molecule has 1 aliphatic heterocycles. The van der Waals surface area contributed by atoms with Crippen LogP contribution < -0.4 is 10.1 Å². The number of nitrogens with one attached hydrogen (secondary N) is 1. The van der Waals surface area contributed by atoms with Crippen LogP contribution in [0.5, 0.6) is 11.5 Å². The molecule has 1 unspecified atom stereocenters. The number of para-hydroxylation sites is 2. The van der Waals surface area contributed by atoms with Gasteiger partial charge in [0.05, 0.1) is 12.7 Å². The number of morpholine rings is 1.